The summed E-state index contributed by atoms with van der Waals surface area (Å²) in [5.41, 5.74) is 2.33. The van der Waals surface area contributed by atoms with Crippen LogP contribution in [0.15, 0.2) is 45.7 Å². The van der Waals surface area contributed by atoms with Crippen LogP contribution < -0.4 is 10.0 Å². The van der Waals surface area contributed by atoms with Crippen LogP contribution in [0.1, 0.15) is 18.4 Å². The van der Waals surface area contributed by atoms with Crippen molar-refractivity contribution in [2.45, 2.75) is 25.7 Å². The number of amides is 1. The molecule has 0 fully saturated rings. The van der Waals surface area contributed by atoms with Crippen LogP contribution in [0, 0.1) is 13.8 Å². The molecular formula is C17H18N4O4S. The van der Waals surface area contributed by atoms with E-state index in [0.29, 0.717) is 22.8 Å². The lowest BCUT2D eigenvalue weighted by Gasteiger charge is -2.08. The van der Waals surface area contributed by atoms with Gasteiger partial charge in [0.25, 0.3) is 10.0 Å². The van der Waals surface area contributed by atoms with Crippen LogP contribution >= 0.6 is 0 Å². The third-order valence-corrected chi connectivity index (χ3v) is 5.07. The van der Waals surface area contributed by atoms with Crippen molar-refractivity contribution in [2.24, 2.45) is 0 Å². The van der Waals surface area contributed by atoms with Crippen molar-refractivity contribution in [3.8, 4) is 11.5 Å². The third kappa shape index (κ3) is 3.77. The van der Waals surface area contributed by atoms with Gasteiger partial charge in [0.2, 0.25) is 5.91 Å². The van der Waals surface area contributed by atoms with E-state index in [1.165, 1.54) is 13.0 Å². The molecule has 0 saturated carbocycles. The fourth-order valence-electron chi connectivity index (χ4n) is 2.44. The zero-order chi connectivity index (χ0) is 18.9. The molecule has 1 aromatic carbocycles. The van der Waals surface area contributed by atoms with Crippen LogP contribution in [0.2, 0.25) is 0 Å². The van der Waals surface area contributed by atoms with Crippen LogP contribution in [0.4, 0.5) is 11.4 Å². The molecule has 0 radical (unpaired) electrons. The number of carbonyl (C=O) groups excluding carboxylic acids is 1. The number of nitrogens with one attached hydrogen (secondary N) is 3. The first kappa shape index (κ1) is 17.7. The fraction of sp³-hybridized carbons (Fsp3) is 0.176. The van der Waals surface area contributed by atoms with E-state index in [1.54, 1.807) is 37.3 Å². The Morgan fingerprint density at radius 2 is 1.77 bits per heavy atom. The number of carbonyl (C=O) groups is 1. The molecule has 0 bridgehead atoms. The second kappa shape index (κ2) is 6.68. The van der Waals surface area contributed by atoms with Crippen molar-refractivity contribution in [1.29, 1.82) is 0 Å². The molecule has 0 unspecified atom stereocenters. The SMILES string of the molecule is CC(=O)Nc1ccc(NS(=O)(=O)c2cc(-c3cc(C)[nH]n3)oc2C)cc1. The van der Waals surface area contributed by atoms with Crippen molar-refractivity contribution >= 4 is 27.3 Å². The highest BCUT2D eigenvalue weighted by molar-refractivity contribution is 7.92. The number of H-pyrrole nitrogens is 1. The van der Waals surface area contributed by atoms with Gasteiger partial charge in [-0.05, 0) is 44.2 Å². The van der Waals surface area contributed by atoms with Gasteiger partial charge in [0, 0.05) is 30.1 Å². The summed E-state index contributed by atoms with van der Waals surface area (Å²) < 4.78 is 33.4. The van der Waals surface area contributed by atoms with Gasteiger partial charge in [-0.3, -0.25) is 14.6 Å². The van der Waals surface area contributed by atoms with Gasteiger partial charge in [0.15, 0.2) is 5.76 Å². The molecule has 1 amide bonds. The van der Waals surface area contributed by atoms with Gasteiger partial charge >= 0.3 is 0 Å². The zero-order valence-electron chi connectivity index (χ0n) is 14.5. The number of aryl methyl sites for hydroxylation is 2. The molecule has 136 valence electrons. The number of aromatic amines is 1. The van der Waals surface area contributed by atoms with E-state index >= 15 is 0 Å². The maximum absolute atomic E-state index is 12.7. The number of anilines is 2. The number of furan rings is 1. The lowest BCUT2D eigenvalue weighted by atomic mass is 10.3. The largest absolute Gasteiger partial charge is 0.458 e. The summed E-state index contributed by atoms with van der Waals surface area (Å²) in [6.45, 7) is 4.82. The minimum Gasteiger partial charge on any atom is -0.458 e. The normalized spacial score (nSPS) is 11.3. The Morgan fingerprint density at radius 3 is 2.35 bits per heavy atom. The molecule has 9 heteroatoms. The molecule has 0 atom stereocenters. The topological polar surface area (TPSA) is 117 Å². The molecule has 3 rings (SSSR count). The molecule has 2 aromatic heterocycles. The number of sulfonamides is 1. The summed E-state index contributed by atoms with van der Waals surface area (Å²) in [5, 5.41) is 9.48. The van der Waals surface area contributed by atoms with E-state index in [-0.39, 0.29) is 16.6 Å². The Morgan fingerprint density at radius 1 is 1.12 bits per heavy atom. The maximum atomic E-state index is 12.7. The van der Waals surface area contributed by atoms with Gasteiger partial charge in [-0.2, -0.15) is 5.10 Å². The van der Waals surface area contributed by atoms with Gasteiger partial charge in [-0.15, -0.1) is 0 Å². The average molecular weight is 374 g/mol. The molecule has 0 saturated heterocycles. The van der Waals surface area contributed by atoms with Gasteiger partial charge in [-0.25, -0.2) is 8.42 Å². The van der Waals surface area contributed by atoms with E-state index in [9.17, 15) is 13.2 Å². The summed E-state index contributed by atoms with van der Waals surface area (Å²) in [4.78, 5) is 11.1. The zero-order valence-corrected chi connectivity index (χ0v) is 15.3. The molecule has 2 heterocycles. The number of nitrogens with zero attached hydrogens (tertiary/aromatic N) is 1. The van der Waals surface area contributed by atoms with Crippen LogP contribution in [0.3, 0.4) is 0 Å². The van der Waals surface area contributed by atoms with Gasteiger partial charge in [-0.1, -0.05) is 0 Å². The number of hydrogen-bond acceptors (Lipinski definition) is 5. The second-order valence-corrected chi connectivity index (χ2v) is 7.48. The molecule has 0 spiro atoms. The monoisotopic (exact) mass is 374 g/mol. The summed E-state index contributed by atoms with van der Waals surface area (Å²) in [6, 6.07) is 9.56. The Balaban J connectivity index is 1.84. The Hall–Kier alpha value is -3.07. The summed E-state index contributed by atoms with van der Waals surface area (Å²) in [5.74, 6) is 0.435. The molecule has 8 nitrogen and oxygen atoms in total. The fourth-order valence-corrected chi connectivity index (χ4v) is 3.68. The molecule has 3 N–H and O–H groups in total. The first-order valence-corrected chi connectivity index (χ1v) is 9.26. The lowest BCUT2D eigenvalue weighted by molar-refractivity contribution is -0.114. The van der Waals surface area contributed by atoms with Crippen molar-refractivity contribution in [2.75, 3.05) is 10.0 Å². The van der Waals surface area contributed by atoms with E-state index in [4.69, 9.17) is 4.42 Å². The standard InChI is InChI=1S/C17H18N4O4S/c1-10-8-15(20-19-10)16-9-17(11(2)25-16)26(23,24)21-14-6-4-13(5-7-14)18-12(3)22/h4-9,21H,1-3H3,(H,18,22)(H,19,20). The smallest absolute Gasteiger partial charge is 0.265 e. The minimum atomic E-state index is -3.83. The second-order valence-electron chi connectivity index (χ2n) is 5.83. The van der Waals surface area contributed by atoms with E-state index in [2.05, 4.69) is 20.2 Å². The average Bonchev–Trinajstić information content (AvgIpc) is 3.15. The Bertz CT molecular complexity index is 1050. The molecule has 26 heavy (non-hydrogen) atoms. The Labute approximate surface area is 150 Å². The van der Waals surface area contributed by atoms with Crippen molar-refractivity contribution in [1.82, 2.24) is 10.2 Å². The summed E-state index contributed by atoms with van der Waals surface area (Å²) in [7, 11) is -3.83. The number of hydrogen-bond donors (Lipinski definition) is 3. The molecule has 0 aliphatic carbocycles. The molecular weight excluding hydrogens is 356 g/mol. The van der Waals surface area contributed by atoms with E-state index in [0.717, 1.165) is 5.69 Å². The summed E-state index contributed by atoms with van der Waals surface area (Å²) in [6.07, 6.45) is 0. The quantitative estimate of drug-likeness (QED) is 0.634. The minimum absolute atomic E-state index is 0.0408. The highest BCUT2D eigenvalue weighted by Crippen LogP contribution is 2.28. The molecule has 0 aliphatic rings. The van der Waals surface area contributed by atoms with Crippen LogP contribution in [-0.4, -0.2) is 24.5 Å². The number of benzene rings is 1. The predicted octanol–water partition coefficient (Wildman–Crippen LogP) is 3.05. The number of aromatic nitrogens is 2. The van der Waals surface area contributed by atoms with Gasteiger partial charge < -0.3 is 9.73 Å². The lowest BCUT2D eigenvalue weighted by Crippen LogP contribution is -2.13. The summed E-state index contributed by atoms with van der Waals surface area (Å²) >= 11 is 0. The first-order valence-electron chi connectivity index (χ1n) is 7.78. The van der Waals surface area contributed by atoms with E-state index < -0.39 is 10.0 Å². The number of rotatable bonds is 5. The van der Waals surface area contributed by atoms with E-state index in [1.807, 2.05) is 6.92 Å². The first-order chi connectivity index (χ1) is 12.2. The van der Waals surface area contributed by atoms with Gasteiger partial charge in [0.05, 0.1) is 0 Å². The molecule has 0 aliphatic heterocycles. The van der Waals surface area contributed by atoms with Crippen molar-refractivity contribution in [3.05, 3.63) is 47.9 Å². The van der Waals surface area contributed by atoms with Crippen LogP contribution in [-0.2, 0) is 14.8 Å². The van der Waals surface area contributed by atoms with Crippen LogP contribution in [0.5, 0.6) is 0 Å². The third-order valence-electron chi connectivity index (χ3n) is 3.58. The highest BCUT2D eigenvalue weighted by atomic mass is 32.2. The van der Waals surface area contributed by atoms with Crippen molar-refractivity contribution in [3.63, 3.8) is 0 Å². The maximum Gasteiger partial charge on any atom is 0.265 e. The van der Waals surface area contributed by atoms with Crippen molar-refractivity contribution < 1.29 is 17.6 Å². The highest BCUT2D eigenvalue weighted by Gasteiger charge is 2.23. The van der Waals surface area contributed by atoms with Crippen LogP contribution in [0.25, 0.3) is 11.5 Å². The predicted molar refractivity (Wildman–Crippen MR) is 97.3 cm³/mol. The van der Waals surface area contributed by atoms with Gasteiger partial charge in [0.1, 0.15) is 16.3 Å². The Kier molecular flexibility index (Phi) is 4.56. The molecule has 3 aromatic rings.